The monoisotopic (exact) mass is 334 g/mol. The zero-order valence-electron chi connectivity index (χ0n) is 13.3. The summed E-state index contributed by atoms with van der Waals surface area (Å²) in [5, 5.41) is 2.99. The zero-order valence-corrected chi connectivity index (χ0v) is 14.1. The van der Waals surface area contributed by atoms with Gasteiger partial charge in [-0.3, -0.25) is 4.90 Å². The van der Waals surface area contributed by atoms with E-state index in [1.54, 1.807) is 11.3 Å². The molecule has 120 valence electrons. The van der Waals surface area contributed by atoms with Gasteiger partial charge in [-0.15, -0.1) is 11.3 Å². The van der Waals surface area contributed by atoms with Crippen molar-refractivity contribution in [2.75, 3.05) is 25.4 Å². The highest BCUT2D eigenvalue weighted by Crippen LogP contribution is 2.24. The van der Waals surface area contributed by atoms with Crippen LogP contribution in [0.3, 0.4) is 0 Å². The van der Waals surface area contributed by atoms with Crippen LogP contribution in [0, 0.1) is 11.8 Å². The van der Waals surface area contributed by atoms with Crippen LogP contribution in [0.25, 0.3) is 10.8 Å². The molecule has 0 radical (unpaired) electrons. The van der Waals surface area contributed by atoms with Gasteiger partial charge in [0.05, 0.1) is 12.2 Å². The molecule has 24 heavy (non-hydrogen) atoms. The smallest absolute Gasteiger partial charge is 0.180 e. The normalized spacial score (nSPS) is 14.7. The molecule has 0 saturated carbocycles. The number of thiazole rings is 1. The van der Waals surface area contributed by atoms with Gasteiger partial charge in [-0.05, 0) is 23.8 Å². The number of rotatable bonds is 1. The van der Waals surface area contributed by atoms with Gasteiger partial charge in [-0.25, -0.2) is 9.97 Å². The number of benzene rings is 1. The molecule has 0 unspecified atom stereocenters. The van der Waals surface area contributed by atoms with E-state index in [2.05, 4.69) is 38.8 Å². The number of nitrogen functional groups attached to an aromatic ring is 1. The minimum absolute atomic E-state index is 0.690. The molecule has 1 aromatic carbocycles. The molecule has 2 aromatic heterocycles. The molecule has 3 heterocycles. The van der Waals surface area contributed by atoms with E-state index in [4.69, 9.17) is 5.73 Å². The summed E-state index contributed by atoms with van der Waals surface area (Å²) in [5.74, 6) is 6.54. The van der Waals surface area contributed by atoms with Gasteiger partial charge < -0.3 is 5.73 Å². The fourth-order valence-corrected chi connectivity index (χ4v) is 3.91. The summed E-state index contributed by atoms with van der Waals surface area (Å²) in [6.07, 6.45) is 3.79. The highest BCUT2D eigenvalue weighted by Gasteiger charge is 2.16. The summed E-state index contributed by atoms with van der Waals surface area (Å²) < 4.78 is 0. The van der Waals surface area contributed by atoms with Crippen LogP contribution in [0.2, 0.25) is 0 Å². The molecular weight excluding hydrogens is 316 g/mol. The standard InChI is InChI=1S/C19H18N4S/c20-19-22-17-8-12-23(13-9-18(17)24-19)11-3-6-16-15-5-2-1-4-14(15)7-10-21-16/h1-2,4-5,7,10H,8-9,11-13H2,(H2,20,22). The first-order chi connectivity index (χ1) is 11.8. The lowest BCUT2D eigenvalue weighted by Crippen LogP contribution is -2.26. The number of aromatic nitrogens is 2. The Morgan fingerprint density at radius 1 is 1.17 bits per heavy atom. The molecule has 0 saturated heterocycles. The number of pyridine rings is 1. The highest BCUT2D eigenvalue weighted by atomic mass is 32.1. The van der Waals surface area contributed by atoms with E-state index in [1.165, 1.54) is 16.0 Å². The Morgan fingerprint density at radius 2 is 2.04 bits per heavy atom. The van der Waals surface area contributed by atoms with Crippen molar-refractivity contribution >= 4 is 27.2 Å². The van der Waals surface area contributed by atoms with Gasteiger partial charge in [0.15, 0.2) is 5.13 Å². The van der Waals surface area contributed by atoms with Crippen molar-refractivity contribution in [2.24, 2.45) is 0 Å². The molecule has 0 aliphatic carbocycles. The summed E-state index contributed by atoms with van der Waals surface area (Å²) >= 11 is 1.62. The third-order valence-corrected chi connectivity index (χ3v) is 5.28. The second-order valence-electron chi connectivity index (χ2n) is 5.88. The number of anilines is 1. The number of fused-ring (bicyclic) bond motifs is 2. The predicted molar refractivity (Wildman–Crippen MR) is 99.0 cm³/mol. The average molecular weight is 334 g/mol. The second kappa shape index (κ2) is 6.60. The Bertz CT molecular complexity index is 904. The van der Waals surface area contributed by atoms with Gasteiger partial charge in [-0.1, -0.05) is 30.2 Å². The van der Waals surface area contributed by atoms with Gasteiger partial charge in [-0.2, -0.15) is 0 Å². The van der Waals surface area contributed by atoms with Crippen molar-refractivity contribution in [3.8, 4) is 11.8 Å². The topological polar surface area (TPSA) is 55.0 Å². The molecule has 2 N–H and O–H groups in total. The SMILES string of the molecule is Nc1nc2c(s1)CCN(CC#Cc1nccc3ccccc13)CC2. The van der Waals surface area contributed by atoms with E-state index in [1.807, 2.05) is 24.4 Å². The quantitative estimate of drug-likeness (QED) is 0.695. The summed E-state index contributed by atoms with van der Waals surface area (Å²) in [4.78, 5) is 12.6. The fourth-order valence-electron chi connectivity index (χ4n) is 3.04. The van der Waals surface area contributed by atoms with Gasteiger partial charge >= 0.3 is 0 Å². The molecular formula is C19H18N4S. The summed E-state index contributed by atoms with van der Waals surface area (Å²) in [6.45, 7) is 2.75. The van der Waals surface area contributed by atoms with Crippen LogP contribution in [0.1, 0.15) is 16.3 Å². The lowest BCUT2D eigenvalue weighted by atomic mass is 10.1. The Balaban J connectivity index is 1.46. The first kappa shape index (κ1) is 15.1. The van der Waals surface area contributed by atoms with Crippen LogP contribution in [0.5, 0.6) is 0 Å². The predicted octanol–water partition coefficient (Wildman–Crippen LogP) is 2.73. The maximum absolute atomic E-state index is 5.80. The van der Waals surface area contributed by atoms with E-state index < -0.39 is 0 Å². The van der Waals surface area contributed by atoms with Crippen molar-refractivity contribution in [2.45, 2.75) is 12.8 Å². The lowest BCUT2D eigenvalue weighted by Gasteiger charge is -2.15. The Morgan fingerprint density at radius 3 is 3.00 bits per heavy atom. The van der Waals surface area contributed by atoms with Crippen LogP contribution in [-0.2, 0) is 12.8 Å². The number of nitrogens with two attached hydrogens (primary N) is 1. The van der Waals surface area contributed by atoms with Crippen LogP contribution >= 0.6 is 11.3 Å². The van der Waals surface area contributed by atoms with Crippen molar-refractivity contribution in [1.82, 2.24) is 14.9 Å². The second-order valence-corrected chi connectivity index (χ2v) is 7.00. The van der Waals surface area contributed by atoms with E-state index in [0.29, 0.717) is 5.13 Å². The molecule has 1 aliphatic heterocycles. The largest absolute Gasteiger partial charge is 0.375 e. The zero-order chi connectivity index (χ0) is 16.4. The van der Waals surface area contributed by atoms with E-state index in [9.17, 15) is 0 Å². The minimum Gasteiger partial charge on any atom is -0.375 e. The molecule has 0 fully saturated rings. The third kappa shape index (κ3) is 3.12. The molecule has 3 aromatic rings. The molecule has 5 heteroatoms. The molecule has 4 nitrogen and oxygen atoms in total. The van der Waals surface area contributed by atoms with E-state index in [-0.39, 0.29) is 0 Å². The Kier molecular flexibility index (Phi) is 4.16. The first-order valence-corrected chi connectivity index (χ1v) is 8.90. The van der Waals surface area contributed by atoms with E-state index in [0.717, 1.165) is 43.6 Å². The number of hydrogen-bond acceptors (Lipinski definition) is 5. The average Bonchev–Trinajstić information content (AvgIpc) is 2.86. The maximum atomic E-state index is 5.80. The molecule has 1 aliphatic rings. The summed E-state index contributed by atoms with van der Waals surface area (Å²) in [6, 6.07) is 10.3. The molecule has 0 amide bonds. The van der Waals surface area contributed by atoms with Crippen molar-refractivity contribution in [3.05, 3.63) is 52.8 Å². The Labute approximate surface area is 145 Å². The maximum Gasteiger partial charge on any atom is 0.180 e. The fraction of sp³-hybridized carbons (Fsp3) is 0.263. The van der Waals surface area contributed by atoms with Gasteiger partial charge in [0.1, 0.15) is 5.69 Å². The van der Waals surface area contributed by atoms with Gasteiger partial charge in [0, 0.05) is 36.0 Å². The van der Waals surface area contributed by atoms with E-state index >= 15 is 0 Å². The van der Waals surface area contributed by atoms with Crippen molar-refractivity contribution < 1.29 is 0 Å². The lowest BCUT2D eigenvalue weighted by molar-refractivity contribution is 0.323. The van der Waals surface area contributed by atoms with Gasteiger partial charge in [0.2, 0.25) is 0 Å². The first-order valence-electron chi connectivity index (χ1n) is 8.08. The Hall–Kier alpha value is -2.42. The van der Waals surface area contributed by atoms with Crippen LogP contribution in [0.15, 0.2) is 36.5 Å². The molecule has 0 bridgehead atoms. The highest BCUT2D eigenvalue weighted by molar-refractivity contribution is 7.15. The molecule has 4 rings (SSSR count). The third-order valence-electron chi connectivity index (χ3n) is 4.30. The molecule has 0 spiro atoms. The van der Waals surface area contributed by atoms with Crippen molar-refractivity contribution in [1.29, 1.82) is 0 Å². The van der Waals surface area contributed by atoms with Crippen LogP contribution in [-0.4, -0.2) is 34.5 Å². The van der Waals surface area contributed by atoms with Crippen molar-refractivity contribution in [3.63, 3.8) is 0 Å². The number of nitrogens with zero attached hydrogens (tertiary/aromatic N) is 3. The van der Waals surface area contributed by atoms with Crippen LogP contribution in [0.4, 0.5) is 5.13 Å². The minimum atomic E-state index is 0.690. The van der Waals surface area contributed by atoms with Gasteiger partial charge in [0.25, 0.3) is 0 Å². The molecule has 0 atom stereocenters. The summed E-state index contributed by atoms with van der Waals surface area (Å²) in [7, 11) is 0. The number of hydrogen-bond donors (Lipinski definition) is 1. The van der Waals surface area contributed by atoms with Crippen LogP contribution < -0.4 is 5.73 Å². The summed E-state index contributed by atoms with van der Waals surface area (Å²) in [5.41, 5.74) is 7.83.